The van der Waals surface area contributed by atoms with Crippen molar-refractivity contribution in [3.05, 3.63) is 89.0 Å². The van der Waals surface area contributed by atoms with Crippen molar-refractivity contribution >= 4 is 27.3 Å². The monoisotopic (exact) mass is 599 g/mol. The molecule has 0 aromatic heterocycles. The van der Waals surface area contributed by atoms with Gasteiger partial charge in [0, 0.05) is 24.0 Å². The average molecular weight is 600 g/mol. The minimum absolute atomic E-state index is 0.0201. The van der Waals surface area contributed by atoms with Gasteiger partial charge in [0.05, 0.1) is 22.4 Å². The fraction of sp³-hybridized carbons (Fsp3) is 0.406. The van der Waals surface area contributed by atoms with Gasteiger partial charge in [0.1, 0.15) is 0 Å². The van der Waals surface area contributed by atoms with Gasteiger partial charge in [0.2, 0.25) is 15.9 Å². The van der Waals surface area contributed by atoms with Crippen molar-refractivity contribution in [2.24, 2.45) is 5.92 Å². The highest BCUT2D eigenvalue weighted by atomic mass is 32.2. The van der Waals surface area contributed by atoms with Crippen molar-refractivity contribution in [1.29, 1.82) is 0 Å². The van der Waals surface area contributed by atoms with Crippen molar-refractivity contribution in [3.8, 4) is 0 Å². The highest BCUT2D eigenvalue weighted by molar-refractivity contribution is 7.89. The molecule has 1 amide bonds. The summed E-state index contributed by atoms with van der Waals surface area (Å²) in [6.45, 7) is 3.32. The standard InChI is InChI=1S/C32H36F3N3O3S/c1-21-13-16-26(20-28(21)32(33,34)35)37-31(39)27-11-7-19-38(42(40,41)29-12-6-3-8-22(29)2)30(27)23-14-17-25(18-15-23)36-24-9-4-5-10-24/h3,6,8,12-18,20,24,27,30,36H,4-5,7,9-11,19H2,1-2H3,(H,37,39)/t27-,30-/m0/s1. The van der Waals surface area contributed by atoms with Crippen LogP contribution in [0.4, 0.5) is 24.5 Å². The number of sulfonamides is 1. The summed E-state index contributed by atoms with van der Waals surface area (Å²) in [7, 11) is -4.00. The molecule has 10 heteroatoms. The number of anilines is 2. The van der Waals surface area contributed by atoms with Gasteiger partial charge < -0.3 is 10.6 Å². The lowest BCUT2D eigenvalue weighted by atomic mass is 9.85. The highest BCUT2D eigenvalue weighted by Gasteiger charge is 2.43. The van der Waals surface area contributed by atoms with Crippen LogP contribution in [-0.2, 0) is 21.0 Å². The summed E-state index contributed by atoms with van der Waals surface area (Å²) >= 11 is 0. The predicted molar refractivity (Wildman–Crippen MR) is 158 cm³/mol. The highest BCUT2D eigenvalue weighted by Crippen LogP contribution is 2.41. The van der Waals surface area contributed by atoms with E-state index in [0.717, 1.165) is 24.6 Å². The first-order valence-corrected chi connectivity index (χ1v) is 15.8. The van der Waals surface area contributed by atoms with Crippen LogP contribution in [0, 0.1) is 19.8 Å². The number of nitrogens with zero attached hydrogens (tertiary/aromatic N) is 1. The molecular weight excluding hydrogens is 563 g/mol. The fourth-order valence-corrected chi connectivity index (χ4v) is 8.12. The first-order valence-electron chi connectivity index (χ1n) is 14.4. The van der Waals surface area contributed by atoms with Gasteiger partial charge >= 0.3 is 6.18 Å². The van der Waals surface area contributed by atoms with Gasteiger partial charge in [-0.1, -0.05) is 49.2 Å². The molecule has 2 aliphatic rings. The number of benzene rings is 3. The Labute approximate surface area is 245 Å². The maximum absolute atomic E-state index is 14.1. The second kappa shape index (κ2) is 12.1. The lowest BCUT2D eigenvalue weighted by Crippen LogP contribution is -2.46. The zero-order valence-corrected chi connectivity index (χ0v) is 24.6. The molecule has 224 valence electrons. The van der Waals surface area contributed by atoms with Gasteiger partial charge in [-0.05, 0) is 86.6 Å². The SMILES string of the molecule is Cc1ccc(NC(=O)[C@H]2CCCN(S(=O)(=O)c3ccccc3C)[C@H]2c2ccc(NC3CCCC3)cc2)cc1C(F)(F)F. The number of hydrogen-bond donors (Lipinski definition) is 2. The maximum Gasteiger partial charge on any atom is 0.416 e. The molecule has 1 aliphatic carbocycles. The quantitative estimate of drug-likeness (QED) is 0.296. The number of amides is 1. The number of carbonyl (C=O) groups is 1. The minimum Gasteiger partial charge on any atom is -0.382 e. The van der Waals surface area contributed by atoms with Crippen LogP contribution < -0.4 is 10.6 Å². The average Bonchev–Trinajstić information content (AvgIpc) is 3.47. The van der Waals surface area contributed by atoms with Crippen molar-refractivity contribution < 1.29 is 26.4 Å². The van der Waals surface area contributed by atoms with Gasteiger partial charge in [-0.15, -0.1) is 0 Å². The Bertz CT molecular complexity index is 1530. The summed E-state index contributed by atoms with van der Waals surface area (Å²) < 4.78 is 70.2. The Hall–Kier alpha value is -3.37. The third kappa shape index (κ3) is 6.34. The molecule has 2 atom stereocenters. The summed E-state index contributed by atoms with van der Waals surface area (Å²) in [5.41, 5.74) is 1.43. The summed E-state index contributed by atoms with van der Waals surface area (Å²) in [6, 6.07) is 17.5. The Morgan fingerprint density at radius 3 is 2.19 bits per heavy atom. The molecule has 6 nitrogen and oxygen atoms in total. The van der Waals surface area contributed by atoms with E-state index in [1.54, 1.807) is 31.2 Å². The molecule has 5 rings (SSSR count). The van der Waals surface area contributed by atoms with Crippen LogP contribution in [0.25, 0.3) is 0 Å². The molecular formula is C32H36F3N3O3S. The van der Waals surface area contributed by atoms with Gasteiger partial charge in [0.15, 0.2) is 0 Å². The van der Waals surface area contributed by atoms with Gasteiger partial charge in [-0.3, -0.25) is 4.79 Å². The molecule has 1 saturated heterocycles. The van der Waals surface area contributed by atoms with E-state index in [4.69, 9.17) is 0 Å². The van der Waals surface area contributed by atoms with Crippen molar-refractivity contribution in [2.45, 2.75) is 75.5 Å². The molecule has 3 aromatic carbocycles. The van der Waals surface area contributed by atoms with Crippen LogP contribution in [0.3, 0.4) is 0 Å². The van der Waals surface area contributed by atoms with Crippen LogP contribution in [0.5, 0.6) is 0 Å². The second-order valence-electron chi connectivity index (χ2n) is 11.3. The molecule has 0 spiro atoms. The van der Waals surface area contributed by atoms with E-state index in [9.17, 15) is 26.4 Å². The predicted octanol–water partition coefficient (Wildman–Crippen LogP) is 7.46. The van der Waals surface area contributed by atoms with Crippen LogP contribution in [-0.4, -0.2) is 31.2 Å². The Morgan fingerprint density at radius 2 is 1.52 bits per heavy atom. The van der Waals surface area contributed by atoms with E-state index in [2.05, 4.69) is 10.6 Å². The molecule has 1 heterocycles. The molecule has 3 aromatic rings. The van der Waals surface area contributed by atoms with E-state index in [1.807, 2.05) is 24.3 Å². The van der Waals surface area contributed by atoms with E-state index in [1.165, 1.54) is 36.2 Å². The van der Waals surface area contributed by atoms with Gasteiger partial charge in [0.25, 0.3) is 0 Å². The lowest BCUT2D eigenvalue weighted by Gasteiger charge is -2.40. The van der Waals surface area contributed by atoms with Crippen LogP contribution >= 0.6 is 0 Å². The molecule has 42 heavy (non-hydrogen) atoms. The first kappa shape index (κ1) is 30.1. The van der Waals surface area contributed by atoms with E-state index in [0.29, 0.717) is 30.0 Å². The van der Waals surface area contributed by atoms with Crippen molar-refractivity contribution in [1.82, 2.24) is 4.31 Å². The summed E-state index contributed by atoms with van der Waals surface area (Å²) in [6.07, 6.45) is 0.829. The number of halogens is 3. The summed E-state index contributed by atoms with van der Waals surface area (Å²) in [4.78, 5) is 13.9. The smallest absolute Gasteiger partial charge is 0.382 e. The number of alkyl halides is 3. The number of rotatable bonds is 7. The zero-order valence-electron chi connectivity index (χ0n) is 23.7. The van der Waals surface area contributed by atoms with Crippen LogP contribution in [0.2, 0.25) is 0 Å². The number of nitrogens with one attached hydrogen (secondary N) is 2. The number of carbonyl (C=O) groups excluding carboxylic acids is 1. The molecule has 0 radical (unpaired) electrons. The molecule has 1 saturated carbocycles. The number of aryl methyl sites for hydroxylation is 2. The second-order valence-corrected chi connectivity index (χ2v) is 13.2. The fourth-order valence-electron chi connectivity index (χ4n) is 6.20. The molecule has 0 bridgehead atoms. The van der Waals surface area contributed by atoms with Crippen molar-refractivity contribution in [3.63, 3.8) is 0 Å². The Kier molecular flexibility index (Phi) is 8.66. The molecule has 0 unspecified atom stereocenters. The zero-order chi connectivity index (χ0) is 30.1. The van der Waals surface area contributed by atoms with E-state index >= 15 is 0 Å². The maximum atomic E-state index is 14.1. The Balaban J connectivity index is 1.50. The van der Waals surface area contributed by atoms with Gasteiger partial charge in [-0.2, -0.15) is 17.5 Å². The van der Waals surface area contributed by atoms with Gasteiger partial charge in [-0.25, -0.2) is 8.42 Å². The van der Waals surface area contributed by atoms with Crippen LogP contribution in [0.1, 0.15) is 66.8 Å². The minimum atomic E-state index is -4.56. The Morgan fingerprint density at radius 1 is 0.857 bits per heavy atom. The first-order chi connectivity index (χ1) is 19.9. The van der Waals surface area contributed by atoms with Crippen molar-refractivity contribution in [2.75, 3.05) is 17.2 Å². The third-order valence-electron chi connectivity index (χ3n) is 8.39. The molecule has 2 fully saturated rings. The number of piperidine rings is 1. The van der Waals surface area contributed by atoms with E-state index < -0.39 is 39.6 Å². The van der Waals surface area contributed by atoms with E-state index in [-0.39, 0.29) is 22.7 Å². The lowest BCUT2D eigenvalue weighted by molar-refractivity contribution is -0.138. The normalized spacial score (nSPS) is 20.4. The molecule has 2 N–H and O–H groups in total. The summed E-state index contributed by atoms with van der Waals surface area (Å²) in [5.74, 6) is -1.34. The summed E-state index contributed by atoms with van der Waals surface area (Å²) in [5, 5.41) is 6.19. The molecule has 1 aliphatic heterocycles. The third-order valence-corrected chi connectivity index (χ3v) is 10.4. The largest absolute Gasteiger partial charge is 0.416 e. The number of hydrogen-bond acceptors (Lipinski definition) is 4. The topological polar surface area (TPSA) is 78.5 Å². The van der Waals surface area contributed by atoms with Crippen LogP contribution in [0.15, 0.2) is 71.6 Å².